The Kier molecular flexibility index (Phi) is 19.5. The van der Waals surface area contributed by atoms with E-state index in [0.717, 1.165) is 12.1 Å². The molecule has 1 fully saturated rings. The lowest BCUT2D eigenvalue weighted by atomic mass is 9.83. The quantitative estimate of drug-likeness (QED) is 0.164. The number of likely N-dealkylation sites (N-methyl/N-ethyl adjacent to an activating group) is 2. The Morgan fingerprint density at radius 2 is 1.51 bits per heavy atom. The smallest absolute Gasteiger partial charge is 0.379 e. The summed E-state index contributed by atoms with van der Waals surface area (Å²) in [5.74, 6) is -6.02. The number of nitrogens with one attached hydrogen (secondary N) is 2. The molecule has 1 aliphatic heterocycles. The molecule has 14 nitrogen and oxygen atoms in total. The molecule has 0 unspecified atom stereocenters. The molecule has 2 N–H and O–H groups in total. The van der Waals surface area contributed by atoms with Crippen LogP contribution in [0.4, 0.5) is 18.9 Å². The van der Waals surface area contributed by atoms with Gasteiger partial charge in [-0.25, -0.2) is 8.42 Å². The number of halogens is 3. The Morgan fingerprint density at radius 3 is 1.98 bits per heavy atom. The standard InChI is InChI=1S/C41H66F3N5O9S/c1-13-26(6)36(48(10)39(53)30(24(2)3)21-32(50)35(25(4)5)47(8)9)33(57-11)22-34(51)49-20-14-15-31(49)37(58-12)27(7)38(52)46-59(55,56)23-28-16-18-29(19-17-28)45-40(54)41(42,43)44/h16-19,24-27,30-31,33,35-37H,13-15,20-23H2,1-12H3,(H,45,54)(H,46,52)/t26-,27+,30-,31-,33+,35-,36-,37+/m0/s1. The van der Waals surface area contributed by atoms with Crippen molar-refractivity contribution in [1.29, 1.82) is 0 Å². The second-order valence-electron chi connectivity index (χ2n) is 16.6. The fraction of sp³-hybridized carbons (Fsp3) is 0.732. The fourth-order valence-electron chi connectivity index (χ4n) is 8.16. The zero-order chi connectivity index (χ0) is 45.2. The number of ether oxygens (including phenoxy) is 2. The number of likely N-dealkylation sites (tertiary alicyclic amines) is 1. The monoisotopic (exact) mass is 861 g/mol. The molecule has 0 aromatic heterocycles. The summed E-state index contributed by atoms with van der Waals surface area (Å²) in [6, 6.07) is 3.20. The molecule has 4 amide bonds. The van der Waals surface area contributed by atoms with Crippen LogP contribution in [0.25, 0.3) is 0 Å². The van der Waals surface area contributed by atoms with Crippen LogP contribution in [0.5, 0.6) is 0 Å². The predicted molar refractivity (Wildman–Crippen MR) is 218 cm³/mol. The zero-order valence-corrected chi connectivity index (χ0v) is 37.4. The number of carbonyl (C=O) groups excluding carboxylic acids is 5. The first-order valence-corrected chi connectivity index (χ1v) is 21.8. The van der Waals surface area contributed by atoms with Crippen molar-refractivity contribution in [2.24, 2.45) is 29.6 Å². The third-order valence-electron chi connectivity index (χ3n) is 11.4. The minimum atomic E-state index is -5.10. The SMILES string of the molecule is CC[C@H](C)[C@@H]([C@@H](CC(=O)N1CCC[C@H]1[C@H](OC)[C@@H](C)C(=O)NS(=O)(=O)Cc1ccc(NC(=O)C(F)(F)F)cc1)OC)N(C)C(=O)[C@@H](CC(=O)[C@H](C(C)C)N(C)C)C(C)C. The van der Waals surface area contributed by atoms with Gasteiger partial charge in [0.15, 0.2) is 5.78 Å². The maximum Gasteiger partial charge on any atom is 0.471 e. The summed E-state index contributed by atoms with van der Waals surface area (Å²) < 4.78 is 77.5. The highest BCUT2D eigenvalue weighted by atomic mass is 32.2. The third kappa shape index (κ3) is 14.2. The predicted octanol–water partition coefficient (Wildman–Crippen LogP) is 4.87. The van der Waals surface area contributed by atoms with Gasteiger partial charge in [0.05, 0.1) is 48.4 Å². The highest BCUT2D eigenvalue weighted by Gasteiger charge is 2.44. The van der Waals surface area contributed by atoms with Crippen LogP contribution >= 0.6 is 0 Å². The van der Waals surface area contributed by atoms with Crippen LogP contribution in [0, 0.1) is 29.6 Å². The number of methoxy groups -OCH3 is 2. The lowest BCUT2D eigenvalue weighted by Crippen LogP contribution is -2.54. The van der Waals surface area contributed by atoms with Crippen molar-refractivity contribution in [1.82, 2.24) is 19.4 Å². The van der Waals surface area contributed by atoms with Crippen molar-refractivity contribution in [2.45, 2.75) is 123 Å². The summed E-state index contributed by atoms with van der Waals surface area (Å²) in [4.78, 5) is 71.7. The minimum absolute atomic E-state index is 0.00890. The van der Waals surface area contributed by atoms with Crippen LogP contribution in [-0.2, 0) is 49.2 Å². The van der Waals surface area contributed by atoms with Gasteiger partial charge >= 0.3 is 12.1 Å². The number of nitrogens with zero attached hydrogens (tertiary/aromatic N) is 3. The Morgan fingerprint density at radius 1 is 0.915 bits per heavy atom. The topological polar surface area (TPSA) is 172 Å². The van der Waals surface area contributed by atoms with Gasteiger partial charge < -0.3 is 24.6 Å². The van der Waals surface area contributed by atoms with E-state index in [1.165, 1.54) is 33.3 Å². The van der Waals surface area contributed by atoms with E-state index in [1.807, 2.05) is 65.3 Å². The van der Waals surface area contributed by atoms with E-state index in [-0.39, 0.29) is 65.5 Å². The molecule has 1 saturated heterocycles. The molecular formula is C41H66F3N5O9S. The van der Waals surface area contributed by atoms with E-state index in [1.54, 1.807) is 22.2 Å². The molecular weight excluding hydrogens is 796 g/mol. The van der Waals surface area contributed by atoms with Crippen LogP contribution in [0.15, 0.2) is 24.3 Å². The van der Waals surface area contributed by atoms with E-state index in [0.29, 0.717) is 25.8 Å². The molecule has 59 heavy (non-hydrogen) atoms. The average molecular weight is 862 g/mol. The summed E-state index contributed by atoms with van der Waals surface area (Å²) in [6.45, 7) is 13.6. The first-order chi connectivity index (χ1) is 27.3. The molecule has 18 heteroatoms. The first kappa shape index (κ1) is 51.5. The Hall–Kier alpha value is -3.61. The first-order valence-electron chi connectivity index (χ1n) is 20.1. The lowest BCUT2D eigenvalue weighted by molar-refractivity contribution is -0.167. The molecule has 0 aliphatic carbocycles. The number of ketones is 1. The summed E-state index contributed by atoms with van der Waals surface area (Å²) in [7, 11) is 3.98. The van der Waals surface area contributed by atoms with E-state index >= 15 is 0 Å². The molecule has 2 rings (SSSR count). The number of carbonyl (C=O) groups is 5. The Balaban J connectivity index is 2.23. The Bertz CT molecular complexity index is 1680. The summed E-state index contributed by atoms with van der Waals surface area (Å²) in [6.07, 6.45) is -4.98. The number of amides is 4. The normalized spacial score (nSPS) is 18.5. The number of hydrogen-bond acceptors (Lipinski definition) is 10. The van der Waals surface area contributed by atoms with Crippen molar-refractivity contribution in [3.05, 3.63) is 29.8 Å². The summed E-state index contributed by atoms with van der Waals surface area (Å²) >= 11 is 0. The van der Waals surface area contributed by atoms with Crippen LogP contribution in [0.3, 0.4) is 0 Å². The maximum absolute atomic E-state index is 14.3. The van der Waals surface area contributed by atoms with Crippen molar-refractivity contribution < 1.29 is 55.0 Å². The second-order valence-corrected chi connectivity index (χ2v) is 18.4. The zero-order valence-electron chi connectivity index (χ0n) is 36.6. The highest BCUT2D eigenvalue weighted by molar-refractivity contribution is 7.89. The van der Waals surface area contributed by atoms with Gasteiger partial charge in [-0.15, -0.1) is 0 Å². The summed E-state index contributed by atoms with van der Waals surface area (Å²) in [5, 5.41) is 1.67. The van der Waals surface area contributed by atoms with Crippen molar-refractivity contribution in [3.63, 3.8) is 0 Å². The summed E-state index contributed by atoms with van der Waals surface area (Å²) in [5.41, 5.74) is -0.0484. The van der Waals surface area contributed by atoms with E-state index < -0.39 is 69.9 Å². The van der Waals surface area contributed by atoms with Gasteiger partial charge in [0.25, 0.3) is 0 Å². The van der Waals surface area contributed by atoms with Crippen LogP contribution in [0.1, 0.15) is 86.1 Å². The molecule has 0 saturated carbocycles. The molecule has 8 atom stereocenters. The number of sulfonamides is 1. The van der Waals surface area contributed by atoms with Crippen molar-refractivity contribution >= 4 is 45.1 Å². The van der Waals surface area contributed by atoms with Gasteiger partial charge in [-0.3, -0.25) is 33.6 Å². The van der Waals surface area contributed by atoms with Crippen molar-refractivity contribution in [3.8, 4) is 0 Å². The average Bonchev–Trinajstić information content (AvgIpc) is 3.62. The van der Waals surface area contributed by atoms with E-state index in [4.69, 9.17) is 9.47 Å². The number of rotatable bonds is 22. The van der Waals surface area contributed by atoms with Gasteiger partial charge in [-0.2, -0.15) is 13.2 Å². The van der Waals surface area contributed by atoms with E-state index in [2.05, 4.69) is 0 Å². The number of Topliss-reactive ketones (excluding diaryl/α,β-unsaturated/α-hetero) is 1. The number of benzene rings is 1. The fourth-order valence-corrected chi connectivity index (χ4v) is 9.35. The van der Waals surface area contributed by atoms with Crippen LogP contribution in [-0.4, -0.2) is 131 Å². The third-order valence-corrected chi connectivity index (χ3v) is 12.6. The molecule has 0 radical (unpaired) electrons. The molecule has 0 spiro atoms. The van der Waals surface area contributed by atoms with Gasteiger partial charge in [0, 0.05) is 45.8 Å². The molecule has 0 bridgehead atoms. The second kappa shape index (κ2) is 22.3. The minimum Gasteiger partial charge on any atom is -0.379 e. The number of hydrogen-bond donors (Lipinski definition) is 2. The molecule has 1 aromatic carbocycles. The van der Waals surface area contributed by atoms with Crippen LogP contribution in [0.2, 0.25) is 0 Å². The number of anilines is 1. The van der Waals surface area contributed by atoms with Crippen LogP contribution < -0.4 is 10.0 Å². The van der Waals surface area contributed by atoms with Gasteiger partial charge in [-0.1, -0.05) is 67.0 Å². The molecule has 1 aromatic rings. The largest absolute Gasteiger partial charge is 0.471 e. The van der Waals surface area contributed by atoms with Gasteiger partial charge in [0.2, 0.25) is 27.7 Å². The maximum atomic E-state index is 14.3. The Labute approximate surface area is 348 Å². The molecule has 1 heterocycles. The molecule has 336 valence electrons. The van der Waals surface area contributed by atoms with Gasteiger partial charge in [-0.05, 0) is 62.4 Å². The molecule has 1 aliphatic rings. The highest BCUT2D eigenvalue weighted by Crippen LogP contribution is 2.31. The van der Waals surface area contributed by atoms with E-state index in [9.17, 15) is 45.6 Å². The lowest BCUT2D eigenvalue weighted by Gasteiger charge is -2.41. The number of alkyl halides is 3. The van der Waals surface area contributed by atoms with Gasteiger partial charge in [0.1, 0.15) is 0 Å². The van der Waals surface area contributed by atoms with Crippen molar-refractivity contribution in [2.75, 3.05) is 47.2 Å².